The number of aromatic amines is 1. The van der Waals surface area contributed by atoms with Gasteiger partial charge >= 0.3 is 0 Å². The van der Waals surface area contributed by atoms with Crippen molar-refractivity contribution < 1.29 is 4.79 Å². The van der Waals surface area contributed by atoms with E-state index >= 15 is 0 Å². The molecule has 7 nitrogen and oxygen atoms in total. The van der Waals surface area contributed by atoms with E-state index in [1.807, 2.05) is 61.3 Å². The van der Waals surface area contributed by atoms with E-state index in [-0.39, 0.29) is 11.9 Å². The number of para-hydroxylation sites is 1. The largest absolute Gasteiger partial charge is 0.340 e. The molecule has 0 aliphatic carbocycles. The van der Waals surface area contributed by atoms with Gasteiger partial charge in [0.2, 0.25) is 0 Å². The Morgan fingerprint density at radius 3 is 2.80 bits per heavy atom. The zero-order valence-corrected chi connectivity index (χ0v) is 17.0. The zero-order valence-electron chi connectivity index (χ0n) is 17.0. The van der Waals surface area contributed by atoms with Gasteiger partial charge in [0.05, 0.1) is 22.8 Å². The second-order valence-corrected chi connectivity index (χ2v) is 7.77. The van der Waals surface area contributed by atoms with Gasteiger partial charge in [-0.15, -0.1) is 0 Å². The van der Waals surface area contributed by atoms with Crippen molar-refractivity contribution in [3.63, 3.8) is 0 Å². The number of likely N-dealkylation sites (tertiary alicyclic amines) is 1. The van der Waals surface area contributed by atoms with Gasteiger partial charge in [0, 0.05) is 24.6 Å². The number of pyridine rings is 1. The Morgan fingerprint density at radius 2 is 2.03 bits per heavy atom. The molecule has 1 amide bonds. The predicted molar refractivity (Wildman–Crippen MR) is 114 cm³/mol. The van der Waals surface area contributed by atoms with E-state index in [1.54, 1.807) is 10.9 Å². The first-order valence-electron chi connectivity index (χ1n) is 9.92. The summed E-state index contributed by atoms with van der Waals surface area (Å²) in [6.07, 6.45) is 4.17. The molecule has 0 bridgehead atoms. The summed E-state index contributed by atoms with van der Waals surface area (Å²) >= 11 is 0. The van der Waals surface area contributed by atoms with Gasteiger partial charge in [-0.05, 0) is 50.1 Å². The summed E-state index contributed by atoms with van der Waals surface area (Å²) in [4.78, 5) is 28.3. The number of imidazole rings is 1. The smallest absolute Gasteiger partial charge is 0.275 e. The van der Waals surface area contributed by atoms with Gasteiger partial charge in [-0.25, -0.2) is 14.6 Å². The topological polar surface area (TPSA) is 79.7 Å². The second-order valence-electron chi connectivity index (χ2n) is 7.77. The van der Waals surface area contributed by atoms with E-state index in [9.17, 15) is 4.79 Å². The molecule has 30 heavy (non-hydrogen) atoms. The number of aryl methyl sites for hydroxylation is 2. The molecule has 0 unspecified atom stereocenters. The van der Waals surface area contributed by atoms with Crippen LogP contribution in [0.2, 0.25) is 0 Å². The number of hydrogen-bond donors (Lipinski definition) is 1. The molecule has 4 heterocycles. The monoisotopic (exact) mass is 398 g/mol. The van der Waals surface area contributed by atoms with Crippen LogP contribution in [0, 0.1) is 13.8 Å². The molecule has 1 atom stereocenters. The molecular weight excluding hydrogens is 376 g/mol. The zero-order chi connectivity index (χ0) is 20.8. The van der Waals surface area contributed by atoms with Crippen molar-refractivity contribution in [1.29, 1.82) is 0 Å². The molecule has 0 radical (unpaired) electrons. The molecule has 1 aliphatic rings. The number of amides is 1. The maximum absolute atomic E-state index is 13.7. The first kappa shape index (κ1) is 18.3. The lowest BCUT2D eigenvalue weighted by Crippen LogP contribution is -2.33. The first-order chi connectivity index (χ1) is 14.5. The van der Waals surface area contributed by atoms with Crippen molar-refractivity contribution in [3.05, 3.63) is 83.7 Å². The van der Waals surface area contributed by atoms with Crippen molar-refractivity contribution >= 4 is 16.9 Å². The van der Waals surface area contributed by atoms with Crippen LogP contribution in [0.1, 0.15) is 40.0 Å². The number of fused-ring (bicyclic) bond motifs is 1. The van der Waals surface area contributed by atoms with Crippen molar-refractivity contribution in [2.45, 2.75) is 26.3 Å². The molecule has 3 aromatic heterocycles. The Labute approximate surface area is 174 Å². The summed E-state index contributed by atoms with van der Waals surface area (Å²) < 4.78 is 1.67. The van der Waals surface area contributed by atoms with Gasteiger partial charge in [0.15, 0.2) is 5.69 Å². The Morgan fingerprint density at radius 1 is 1.17 bits per heavy atom. The maximum atomic E-state index is 13.7. The second kappa shape index (κ2) is 6.95. The number of H-pyrrole nitrogens is 1. The minimum Gasteiger partial charge on any atom is -0.340 e. The van der Waals surface area contributed by atoms with Gasteiger partial charge in [-0.3, -0.25) is 4.79 Å². The van der Waals surface area contributed by atoms with E-state index in [1.165, 1.54) is 0 Å². The molecule has 1 aliphatic heterocycles. The van der Waals surface area contributed by atoms with Gasteiger partial charge in [0.25, 0.3) is 5.91 Å². The van der Waals surface area contributed by atoms with Gasteiger partial charge in [-0.2, -0.15) is 5.10 Å². The van der Waals surface area contributed by atoms with E-state index in [4.69, 9.17) is 4.98 Å². The Balaban J connectivity index is 1.57. The number of hydrogen-bond acceptors (Lipinski definition) is 4. The number of nitrogens with zero attached hydrogens (tertiary/aromatic N) is 5. The molecule has 1 saturated heterocycles. The van der Waals surface area contributed by atoms with Crippen LogP contribution in [0.25, 0.3) is 16.7 Å². The van der Waals surface area contributed by atoms with Gasteiger partial charge in [0.1, 0.15) is 5.82 Å². The standard InChI is InChI=1S/C23H22N6O/c1-14-12-19(22-26-17-7-4-6-15(2)20(17)27-22)28(13-14)23(30)21-18(9-8-16(3)25-21)29-11-5-10-24-29/h4-11,19H,1,12-13H2,2-3H3,(H,26,27)/t19-/m0/s1. The molecule has 0 spiro atoms. The molecule has 0 saturated carbocycles. The average Bonchev–Trinajstić information content (AvgIpc) is 3.47. The van der Waals surface area contributed by atoms with E-state index < -0.39 is 0 Å². The average molecular weight is 398 g/mol. The molecule has 5 rings (SSSR count). The van der Waals surface area contributed by atoms with Gasteiger partial charge < -0.3 is 9.88 Å². The summed E-state index contributed by atoms with van der Waals surface area (Å²) in [5, 5.41) is 4.29. The molecule has 7 heteroatoms. The van der Waals surface area contributed by atoms with Crippen molar-refractivity contribution in [1.82, 2.24) is 29.6 Å². The summed E-state index contributed by atoms with van der Waals surface area (Å²) in [6.45, 7) is 8.55. The number of carbonyl (C=O) groups is 1. The summed E-state index contributed by atoms with van der Waals surface area (Å²) in [5.41, 5.74) is 5.85. The normalized spacial score (nSPS) is 16.5. The minimum absolute atomic E-state index is 0.148. The fourth-order valence-corrected chi connectivity index (χ4v) is 4.05. The maximum Gasteiger partial charge on any atom is 0.275 e. The third kappa shape index (κ3) is 2.99. The van der Waals surface area contributed by atoms with Crippen LogP contribution < -0.4 is 0 Å². The third-order valence-corrected chi connectivity index (χ3v) is 5.54. The predicted octanol–water partition coefficient (Wildman–Crippen LogP) is 3.90. The van der Waals surface area contributed by atoms with Crippen molar-refractivity contribution in [2.75, 3.05) is 6.54 Å². The lowest BCUT2D eigenvalue weighted by molar-refractivity contribution is 0.0726. The molecule has 1 fully saturated rings. The van der Waals surface area contributed by atoms with Crippen LogP contribution >= 0.6 is 0 Å². The quantitative estimate of drug-likeness (QED) is 0.531. The Hall–Kier alpha value is -3.74. The van der Waals surface area contributed by atoms with E-state index in [0.717, 1.165) is 33.7 Å². The van der Waals surface area contributed by atoms with Crippen LogP contribution in [-0.2, 0) is 0 Å². The molecular formula is C23H22N6O. The fraction of sp³-hybridized carbons (Fsp3) is 0.217. The third-order valence-electron chi connectivity index (χ3n) is 5.54. The van der Waals surface area contributed by atoms with Gasteiger partial charge in [-0.1, -0.05) is 24.3 Å². The molecule has 4 aromatic rings. The Bertz CT molecular complexity index is 1270. The highest BCUT2D eigenvalue weighted by atomic mass is 16.2. The highest BCUT2D eigenvalue weighted by Gasteiger charge is 2.36. The highest BCUT2D eigenvalue weighted by molar-refractivity contribution is 5.96. The van der Waals surface area contributed by atoms with E-state index in [0.29, 0.717) is 24.3 Å². The molecule has 1 N–H and O–H groups in total. The molecule has 150 valence electrons. The first-order valence-corrected chi connectivity index (χ1v) is 9.92. The van der Waals surface area contributed by atoms with Crippen LogP contribution in [0.4, 0.5) is 0 Å². The number of nitrogens with one attached hydrogen (secondary N) is 1. The number of rotatable bonds is 3. The lowest BCUT2D eigenvalue weighted by atomic mass is 10.1. The van der Waals surface area contributed by atoms with Crippen molar-refractivity contribution in [2.24, 2.45) is 0 Å². The van der Waals surface area contributed by atoms with Crippen LogP contribution in [0.3, 0.4) is 0 Å². The highest BCUT2D eigenvalue weighted by Crippen LogP contribution is 2.35. The number of aromatic nitrogens is 5. The summed E-state index contributed by atoms with van der Waals surface area (Å²) in [7, 11) is 0. The van der Waals surface area contributed by atoms with Crippen molar-refractivity contribution in [3.8, 4) is 5.69 Å². The summed E-state index contributed by atoms with van der Waals surface area (Å²) in [5.74, 6) is 0.629. The van der Waals surface area contributed by atoms with Crippen LogP contribution in [0.15, 0.2) is 60.9 Å². The molecule has 1 aromatic carbocycles. The minimum atomic E-state index is -0.204. The SMILES string of the molecule is C=C1C[C@@H](c2nc3cccc(C)c3[nH]2)N(C(=O)c2nc(C)ccc2-n2cccn2)C1. The Kier molecular flexibility index (Phi) is 4.24. The fourth-order valence-electron chi connectivity index (χ4n) is 4.05. The number of benzene rings is 1. The number of carbonyl (C=O) groups excluding carboxylic acids is 1. The lowest BCUT2D eigenvalue weighted by Gasteiger charge is -2.23. The summed E-state index contributed by atoms with van der Waals surface area (Å²) in [6, 6.07) is 11.4. The van der Waals surface area contributed by atoms with Crippen LogP contribution in [-0.4, -0.2) is 42.1 Å². The van der Waals surface area contributed by atoms with Crippen LogP contribution in [0.5, 0.6) is 0 Å². The van der Waals surface area contributed by atoms with E-state index in [2.05, 4.69) is 21.6 Å².